The number of halogens is 2. The second-order valence-corrected chi connectivity index (χ2v) is 4.95. The fraction of sp³-hybridized carbons (Fsp3) is 0.0833. The van der Waals surface area contributed by atoms with Crippen LogP contribution in [0.5, 0.6) is 0 Å². The molecular formula is C12H9ClFNOS. The number of hydrogen-bond acceptors (Lipinski definition) is 3. The zero-order valence-electron chi connectivity index (χ0n) is 8.96. The summed E-state index contributed by atoms with van der Waals surface area (Å²) in [6.45, 7) is 1.57. The first-order chi connectivity index (χ1) is 8.00. The number of thiophene rings is 1. The highest BCUT2D eigenvalue weighted by molar-refractivity contribution is 7.13. The van der Waals surface area contributed by atoms with E-state index in [0.717, 1.165) is 0 Å². The van der Waals surface area contributed by atoms with Crippen molar-refractivity contribution in [3.8, 4) is 0 Å². The molecule has 0 bridgehead atoms. The number of ketones is 1. The topological polar surface area (TPSA) is 43.1 Å². The molecular weight excluding hydrogens is 261 g/mol. The maximum Gasteiger partial charge on any atom is 0.207 e. The van der Waals surface area contributed by atoms with E-state index in [-0.39, 0.29) is 5.56 Å². The summed E-state index contributed by atoms with van der Waals surface area (Å²) in [7, 11) is 0. The van der Waals surface area contributed by atoms with E-state index in [0.29, 0.717) is 21.2 Å². The predicted octanol–water partition coefficient (Wildman–Crippen LogP) is 3.66. The van der Waals surface area contributed by atoms with Crippen molar-refractivity contribution in [2.75, 3.05) is 5.73 Å². The van der Waals surface area contributed by atoms with E-state index < -0.39 is 11.6 Å². The van der Waals surface area contributed by atoms with Gasteiger partial charge in [0.05, 0.1) is 15.5 Å². The van der Waals surface area contributed by atoms with Gasteiger partial charge < -0.3 is 5.73 Å². The monoisotopic (exact) mass is 269 g/mol. The summed E-state index contributed by atoms with van der Waals surface area (Å²) in [5.41, 5.74) is 6.28. The summed E-state index contributed by atoms with van der Waals surface area (Å²) < 4.78 is 13.8. The van der Waals surface area contributed by atoms with Crippen molar-refractivity contribution >= 4 is 34.4 Å². The lowest BCUT2D eigenvalue weighted by Gasteiger charge is -2.05. The third-order valence-corrected chi connectivity index (χ3v) is 3.69. The van der Waals surface area contributed by atoms with Crippen LogP contribution in [0.2, 0.25) is 5.02 Å². The molecule has 0 radical (unpaired) electrons. The first kappa shape index (κ1) is 12.1. The van der Waals surface area contributed by atoms with Crippen LogP contribution < -0.4 is 5.73 Å². The molecule has 5 heteroatoms. The van der Waals surface area contributed by atoms with Gasteiger partial charge >= 0.3 is 0 Å². The molecule has 88 valence electrons. The zero-order chi connectivity index (χ0) is 12.6. The number of rotatable bonds is 2. The molecule has 1 aromatic heterocycles. The summed E-state index contributed by atoms with van der Waals surface area (Å²) in [6.07, 6.45) is 0. The molecule has 0 fully saturated rings. The van der Waals surface area contributed by atoms with Crippen molar-refractivity contribution in [2.45, 2.75) is 6.92 Å². The molecule has 0 atom stereocenters. The maximum absolute atomic E-state index is 13.8. The normalized spacial score (nSPS) is 10.5. The van der Waals surface area contributed by atoms with Crippen molar-refractivity contribution in [1.82, 2.24) is 0 Å². The van der Waals surface area contributed by atoms with Crippen LogP contribution in [-0.4, -0.2) is 5.78 Å². The molecule has 2 N–H and O–H groups in total. The summed E-state index contributed by atoms with van der Waals surface area (Å²) in [6, 6.07) is 4.43. The van der Waals surface area contributed by atoms with Gasteiger partial charge in [-0.2, -0.15) is 0 Å². The number of nitrogen functional groups attached to an aromatic ring is 1. The largest absolute Gasteiger partial charge is 0.399 e. The van der Waals surface area contributed by atoms with Crippen LogP contribution in [0.25, 0.3) is 0 Å². The second-order valence-electron chi connectivity index (χ2n) is 3.63. The fourth-order valence-corrected chi connectivity index (χ4v) is 2.64. The van der Waals surface area contributed by atoms with Gasteiger partial charge in [0.15, 0.2) is 0 Å². The van der Waals surface area contributed by atoms with Gasteiger partial charge in [0.1, 0.15) is 5.82 Å². The van der Waals surface area contributed by atoms with Crippen molar-refractivity contribution in [2.24, 2.45) is 0 Å². The van der Waals surface area contributed by atoms with E-state index >= 15 is 0 Å². The lowest BCUT2D eigenvalue weighted by atomic mass is 10.0. The van der Waals surface area contributed by atoms with Crippen LogP contribution >= 0.6 is 22.9 Å². The highest BCUT2D eigenvalue weighted by atomic mass is 35.5. The van der Waals surface area contributed by atoms with Gasteiger partial charge in [-0.05, 0) is 36.1 Å². The van der Waals surface area contributed by atoms with Gasteiger partial charge in [0.25, 0.3) is 0 Å². The van der Waals surface area contributed by atoms with Crippen molar-refractivity contribution in [3.05, 3.63) is 50.4 Å². The highest BCUT2D eigenvalue weighted by Crippen LogP contribution is 2.27. The predicted molar refractivity (Wildman–Crippen MR) is 68.3 cm³/mol. The summed E-state index contributed by atoms with van der Waals surface area (Å²) in [5.74, 6) is -0.980. The number of anilines is 1. The van der Waals surface area contributed by atoms with E-state index in [4.69, 9.17) is 17.3 Å². The average Bonchev–Trinajstić information content (AvgIpc) is 2.69. The lowest BCUT2D eigenvalue weighted by molar-refractivity contribution is 0.103. The molecule has 0 aliphatic rings. The van der Waals surface area contributed by atoms with Gasteiger partial charge in [-0.25, -0.2) is 4.39 Å². The van der Waals surface area contributed by atoms with Crippen molar-refractivity contribution < 1.29 is 9.18 Å². The Morgan fingerprint density at radius 3 is 2.76 bits per heavy atom. The maximum atomic E-state index is 13.8. The summed E-state index contributed by atoms with van der Waals surface area (Å²) in [5, 5.41) is 2.02. The van der Waals surface area contributed by atoms with E-state index in [1.54, 1.807) is 18.4 Å². The Morgan fingerprint density at radius 1 is 1.47 bits per heavy atom. The Labute approximate surface area is 107 Å². The minimum atomic E-state index is -0.548. The first-order valence-electron chi connectivity index (χ1n) is 4.84. The van der Waals surface area contributed by atoms with Crippen LogP contribution in [0, 0.1) is 12.7 Å². The SMILES string of the molecule is Cc1cc(N)cc(C(=O)c2sccc2Cl)c1F. The zero-order valence-corrected chi connectivity index (χ0v) is 10.5. The van der Waals surface area contributed by atoms with Gasteiger partial charge in [0, 0.05) is 5.69 Å². The number of aryl methyl sites for hydroxylation is 1. The molecule has 0 spiro atoms. The molecule has 0 aliphatic carbocycles. The lowest BCUT2D eigenvalue weighted by Crippen LogP contribution is -2.05. The van der Waals surface area contributed by atoms with Crippen LogP contribution in [0.4, 0.5) is 10.1 Å². The standard InChI is InChI=1S/C12H9ClFNOS/c1-6-4-7(15)5-8(10(6)14)11(16)12-9(13)2-3-17-12/h2-5H,15H2,1H3. The fourth-order valence-electron chi connectivity index (χ4n) is 1.54. The molecule has 1 heterocycles. The first-order valence-corrected chi connectivity index (χ1v) is 6.09. The van der Waals surface area contributed by atoms with Crippen LogP contribution in [0.15, 0.2) is 23.6 Å². The van der Waals surface area contributed by atoms with Gasteiger partial charge in [-0.3, -0.25) is 4.79 Å². The minimum absolute atomic E-state index is 0.0353. The van der Waals surface area contributed by atoms with Crippen molar-refractivity contribution in [1.29, 1.82) is 0 Å². The third-order valence-electron chi connectivity index (χ3n) is 2.34. The molecule has 0 saturated carbocycles. The number of carbonyl (C=O) groups is 1. The Hall–Kier alpha value is -1.39. The van der Waals surface area contributed by atoms with E-state index in [1.807, 2.05) is 0 Å². The molecule has 0 saturated heterocycles. The quantitative estimate of drug-likeness (QED) is 0.668. The number of carbonyl (C=O) groups excluding carboxylic acids is 1. The van der Waals surface area contributed by atoms with Gasteiger partial charge in [0.2, 0.25) is 5.78 Å². The van der Waals surface area contributed by atoms with E-state index in [9.17, 15) is 9.18 Å². The Morgan fingerprint density at radius 2 is 2.18 bits per heavy atom. The molecule has 2 nitrogen and oxygen atoms in total. The van der Waals surface area contributed by atoms with E-state index in [1.165, 1.54) is 23.5 Å². The van der Waals surface area contributed by atoms with Crippen LogP contribution in [-0.2, 0) is 0 Å². The third kappa shape index (κ3) is 2.18. The summed E-state index contributed by atoms with van der Waals surface area (Å²) >= 11 is 7.04. The molecule has 2 aromatic rings. The smallest absolute Gasteiger partial charge is 0.207 e. The Balaban J connectivity index is 2.55. The number of nitrogens with two attached hydrogens (primary N) is 1. The van der Waals surface area contributed by atoms with Crippen LogP contribution in [0.3, 0.4) is 0 Å². The summed E-state index contributed by atoms with van der Waals surface area (Å²) in [4.78, 5) is 12.4. The Bertz CT molecular complexity index is 594. The molecule has 0 amide bonds. The molecule has 0 unspecified atom stereocenters. The van der Waals surface area contributed by atoms with Gasteiger partial charge in [-0.15, -0.1) is 11.3 Å². The molecule has 1 aromatic carbocycles. The second kappa shape index (κ2) is 4.47. The molecule has 17 heavy (non-hydrogen) atoms. The average molecular weight is 270 g/mol. The Kier molecular flexibility index (Phi) is 3.17. The van der Waals surface area contributed by atoms with Crippen molar-refractivity contribution in [3.63, 3.8) is 0 Å². The highest BCUT2D eigenvalue weighted by Gasteiger charge is 2.19. The van der Waals surface area contributed by atoms with Crippen LogP contribution in [0.1, 0.15) is 20.8 Å². The minimum Gasteiger partial charge on any atom is -0.399 e. The number of benzene rings is 1. The van der Waals surface area contributed by atoms with Gasteiger partial charge in [-0.1, -0.05) is 11.6 Å². The number of hydrogen-bond donors (Lipinski definition) is 1. The van der Waals surface area contributed by atoms with E-state index in [2.05, 4.69) is 0 Å². The molecule has 0 aliphatic heterocycles. The molecule has 2 rings (SSSR count).